The van der Waals surface area contributed by atoms with E-state index in [1.54, 1.807) is 41.5 Å². The van der Waals surface area contributed by atoms with Crippen molar-refractivity contribution in [3.63, 3.8) is 0 Å². The van der Waals surface area contributed by atoms with Crippen LogP contribution in [-0.4, -0.2) is 38.3 Å². The average molecular weight is 429 g/mol. The molecule has 0 saturated carbocycles. The number of hydrogen-bond acceptors (Lipinski definition) is 7. The van der Waals surface area contributed by atoms with Crippen LogP contribution in [0, 0.1) is 18.3 Å². The smallest absolute Gasteiger partial charge is 0.258 e. The lowest BCUT2D eigenvalue weighted by molar-refractivity contribution is 0.117. The molecule has 0 aliphatic heterocycles. The Balaban J connectivity index is 2.03. The molecule has 162 valence electrons. The molecule has 0 spiro atoms. The van der Waals surface area contributed by atoms with E-state index in [1.165, 1.54) is 7.11 Å². The maximum Gasteiger partial charge on any atom is 0.258 e. The third-order valence-corrected chi connectivity index (χ3v) is 5.44. The number of methoxy groups -OCH3 is 1. The van der Waals surface area contributed by atoms with Crippen LogP contribution in [-0.2, 0) is 12.6 Å². The van der Waals surface area contributed by atoms with Crippen LogP contribution in [0.25, 0.3) is 10.9 Å². The van der Waals surface area contributed by atoms with E-state index in [9.17, 15) is 10.4 Å². The molecule has 3 aromatic heterocycles. The summed E-state index contributed by atoms with van der Waals surface area (Å²) in [5, 5.41) is 22.6. The molecule has 0 bridgehead atoms. The molecular weight excluding hydrogens is 406 g/mol. The Morgan fingerprint density at radius 2 is 1.97 bits per heavy atom. The summed E-state index contributed by atoms with van der Waals surface area (Å²) in [6.45, 7) is 4.06. The minimum absolute atomic E-state index is 0.244. The van der Waals surface area contributed by atoms with E-state index >= 15 is 0 Å². The Labute approximate surface area is 185 Å². The van der Waals surface area contributed by atoms with E-state index in [1.807, 2.05) is 33.0 Å². The zero-order valence-corrected chi connectivity index (χ0v) is 18.3. The highest BCUT2D eigenvalue weighted by Gasteiger charge is 2.37. The average Bonchev–Trinajstić information content (AvgIpc) is 3.24. The van der Waals surface area contributed by atoms with E-state index in [4.69, 9.17) is 9.47 Å². The van der Waals surface area contributed by atoms with Crippen molar-refractivity contribution in [3.05, 3.63) is 77.1 Å². The van der Waals surface area contributed by atoms with Gasteiger partial charge in [0, 0.05) is 29.9 Å². The lowest BCUT2D eigenvalue weighted by Gasteiger charge is -2.30. The van der Waals surface area contributed by atoms with E-state index < -0.39 is 5.60 Å². The highest BCUT2D eigenvalue weighted by Crippen LogP contribution is 2.40. The molecule has 0 amide bonds. The predicted octanol–water partition coefficient (Wildman–Crippen LogP) is 3.23. The molecular formula is C24H23N5O3. The maximum atomic E-state index is 12.1. The second-order valence-corrected chi connectivity index (χ2v) is 7.39. The minimum atomic E-state index is -1.56. The third-order valence-electron chi connectivity index (χ3n) is 5.44. The number of nitrogens with zero attached hydrogens (tertiary/aromatic N) is 5. The fourth-order valence-corrected chi connectivity index (χ4v) is 3.83. The number of imidazole rings is 1. The van der Waals surface area contributed by atoms with Crippen LogP contribution in [0.4, 0.5) is 0 Å². The molecule has 8 heteroatoms. The Bertz CT molecular complexity index is 1320. The van der Waals surface area contributed by atoms with Crippen LogP contribution in [0.15, 0.2) is 49.1 Å². The molecule has 4 rings (SSSR count). The number of rotatable bonds is 6. The number of aliphatic hydroxyl groups is 1. The number of pyridine rings is 2. The number of nitriles is 1. The summed E-state index contributed by atoms with van der Waals surface area (Å²) in [5.41, 5.74) is 1.82. The number of hydrogen-bond donors (Lipinski definition) is 1. The molecule has 0 fully saturated rings. The van der Waals surface area contributed by atoms with E-state index in [0.717, 1.165) is 5.69 Å². The number of fused-ring (bicyclic) bond motifs is 1. The molecule has 1 atom stereocenters. The van der Waals surface area contributed by atoms with Crippen LogP contribution in [0.5, 0.6) is 11.6 Å². The topological polar surface area (TPSA) is 106 Å². The van der Waals surface area contributed by atoms with Crippen molar-refractivity contribution >= 4 is 10.9 Å². The lowest BCUT2D eigenvalue weighted by Crippen LogP contribution is -2.31. The van der Waals surface area contributed by atoms with E-state index in [-0.39, 0.29) is 11.6 Å². The van der Waals surface area contributed by atoms with Gasteiger partial charge in [0.05, 0.1) is 37.5 Å². The summed E-state index contributed by atoms with van der Waals surface area (Å²) < 4.78 is 12.8. The van der Waals surface area contributed by atoms with Crippen molar-refractivity contribution in [1.82, 2.24) is 19.5 Å². The summed E-state index contributed by atoms with van der Waals surface area (Å²) in [4.78, 5) is 13.1. The van der Waals surface area contributed by atoms with Crippen molar-refractivity contribution in [2.45, 2.75) is 19.4 Å². The summed E-state index contributed by atoms with van der Waals surface area (Å²) in [6, 6.07) is 11.2. The van der Waals surface area contributed by atoms with Gasteiger partial charge in [0.25, 0.3) is 5.88 Å². The van der Waals surface area contributed by atoms with Gasteiger partial charge in [-0.2, -0.15) is 5.26 Å². The van der Waals surface area contributed by atoms with Gasteiger partial charge in [-0.05, 0) is 37.6 Å². The van der Waals surface area contributed by atoms with Gasteiger partial charge in [-0.1, -0.05) is 12.1 Å². The van der Waals surface area contributed by atoms with Crippen LogP contribution >= 0.6 is 0 Å². The first-order valence-corrected chi connectivity index (χ1v) is 10.1. The predicted molar refractivity (Wildman–Crippen MR) is 118 cm³/mol. The maximum absolute atomic E-state index is 12.1. The fourth-order valence-electron chi connectivity index (χ4n) is 3.83. The van der Waals surface area contributed by atoms with Crippen LogP contribution in [0.2, 0.25) is 0 Å². The highest BCUT2D eigenvalue weighted by atomic mass is 16.5. The summed E-state index contributed by atoms with van der Waals surface area (Å²) in [7, 11) is 3.30. The van der Waals surface area contributed by atoms with Crippen LogP contribution in [0.3, 0.4) is 0 Å². The number of aryl methyl sites for hydroxylation is 2. The SMILES string of the molecule is CCOc1c(OC)nc2ccc(C(O)(c3ccc(C)nc3)c3cncn3C)cc2c1C#N. The minimum Gasteiger partial charge on any atom is -0.487 e. The highest BCUT2D eigenvalue weighted by molar-refractivity contribution is 5.89. The molecule has 0 saturated heterocycles. The second kappa shape index (κ2) is 8.29. The lowest BCUT2D eigenvalue weighted by atomic mass is 9.83. The molecule has 0 radical (unpaired) electrons. The molecule has 1 N–H and O–H groups in total. The van der Waals surface area contributed by atoms with Crippen LogP contribution < -0.4 is 9.47 Å². The molecule has 3 heterocycles. The third kappa shape index (κ3) is 3.33. The summed E-state index contributed by atoms with van der Waals surface area (Å²) in [5.74, 6) is 0.525. The van der Waals surface area contributed by atoms with Crippen molar-refractivity contribution in [2.24, 2.45) is 7.05 Å². The largest absolute Gasteiger partial charge is 0.487 e. The first kappa shape index (κ1) is 21.3. The molecule has 4 aromatic rings. The summed E-state index contributed by atoms with van der Waals surface area (Å²) >= 11 is 0. The first-order valence-electron chi connectivity index (χ1n) is 10.1. The van der Waals surface area contributed by atoms with Gasteiger partial charge >= 0.3 is 0 Å². The normalized spacial score (nSPS) is 12.9. The van der Waals surface area contributed by atoms with Crippen molar-refractivity contribution in [1.29, 1.82) is 5.26 Å². The molecule has 0 aliphatic carbocycles. The van der Waals surface area contributed by atoms with Gasteiger partial charge in [0.15, 0.2) is 11.4 Å². The van der Waals surface area contributed by atoms with Crippen molar-refractivity contribution < 1.29 is 14.6 Å². The van der Waals surface area contributed by atoms with Gasteiger partial charge < -0.3 is 19.1 Å². The molecule has 0 aliphatic rings. The number of ether oxygens (including phenoxy) is 2. The molecule has 1 aromatic carbocycles. The molecule has 8 nitrogen and oxygen atoms in total. The fraction of sp³-hybridized carbons (Fsp3) is 0.250. The monoisotopic (exact) mass is 429 g/mol. The van der Waals surface area contributed by atoms with Gasteiger partial charge in [0.2, 0.25) is 0 Å². The zero-order valence-electron chi connectivity index (χ0n) is 18.3. The van der Waals surface area contributed by atoms with E-state index in [2.05, 4.69) is 21.0 Å². The Kier molecular flexibility index (Phi) is 5.51. The number of benzene rings is 1. The quantitative estimate of drug-likeness (QED) is 0.501. The number of aromatic nitrogens is 4. The van der Waals surface area contributed by atoms with Gasteiger partial charge in [0.1, 0.15) is 11.6 Å². The Hall–Kier alpha value is -3.96. The van der Waals surface area contributed by atoms with E-state index in [0.29, 0.717) is 39.9 Å². The standard InChI is InChI=1S/C24H23N5O3/c1-5-32-22-19(11-25)18-10-16(8-9-20(18)28-23(22)31-4)24(30,21-13-26-14-29(21)3)17-7-6-15(2)27-12-17/h6-10,12-14,30H,5H2,1-4H3. The zero-order chi connectivity index (χ0) is 22.9. The van der Waals surface area contributed by atoms with Gasteiger partial charge in [-0.3, -0.25) is 4.98 Å². The Morgan fingerprint density at radius 3 is 2.56 bits per heavy atom. The molecule has 1 unspecified atom stereocenters. The van der Waals surface area contributed by atoms with Crippen LogP contribution in [0.1, 0.15) is 35.0 Å². The van der Waals surface area contributed by atoms with Gasteiger partial charge in [-0.15, -0.1) is 0 Å². The molecule has 32 heavy (non-hydrogen) atoms. The summed E-state index contributed by atoms with van der Waals surface area (Å²) in [6.07, 6.45) is 4.89. The Morgan fingerprint density at radius 1 is 1.19 bits per heavy atom. The first-order chi connectivity index (χ1) is 15.4. The van der Waals surface area contributed by atoms with Crippen molar-refractivity contribution in [2.75, 3.05) is 13.7 Å². The van der Waals surface area contributed by atoms with Gasteiger partial charge in [-0.25, -0.2) is 9.97 Å². The van der Waals surface area contributed by atoms with Crippen molar-refractivity contribution in [3.8, 4) is 17.7 Å². The second-order valence-electron chi connectivity index (χ2n) is 7.39.